The summed E-state index contributed by atoms with van der Waals surface area (Å²) >= 11 is 0. The zero-order chi connectivity index (χ0) is 15.5. The van der Waals surface area contributed by atoms with E-state index < -0.39 is 9.84 Å². The van der Waals surface area contributed by atoms with Crippen LogP contribution in [0.25, 0.3) is 0 Å². The molecule has 0 aliphatic rings. The summed E-state index contributed by atoms with van der Waals surface area (Å²) < 4.78 is 30.5. The number of ether oxygens (including phenoxy) is 1. The molecule has 0 unspecified atom stereocenters. The molecule has 0 aliphatic carbocycles. The first-order chi connectivity index (χ1) is 9.92. The number of hydrogen-bond donors (Lipinski definition) is 1. The monoisotopic (exact) mass is 305 g/mol. The lowest BCUT2D eigenvalue weighted by molar-refractivity contribution is 0.337. The van der Waals surface area contributed by atoms with Gasteiger partial charge in [-0.05, 0) is 49.7 Å². The fourth-order valence-electron chi connectivity index (χ4n) is 2.11. The molecule has 0 saturated heterocycles. The Morgan fingerprint density at radius 1 is 1.14 bits per heavy atom. The summed E-state index contributed by atoms with van der Waals surface area (Å²) in [7, 11) is -3.43. The van der Waals surface area contributed by atoms with Gasteiger partial charge in [0.15, 0.2) is 9.84 Å². The van der Waals surface area contributed by atoms with Crippen molar-refractivity contribution in [2.24, 2.45) is 0 Å². The molecule has 0 saturated carbocycles. The first-order valence-electron chi connectivity index (χ1n) is 6.73. The SMILES string of the molecule is CCOc1ccc(N)cc1CS(=O)(=O)c1cccc(C)c1. The van der Waals surface area contributed by atoms with Crippen molar-refractivity contribution in [1.29, 1.82) is 0 Å². The molecule has 2 rings (SSSR count). The normalized spacial score (nSPS) is 11.3. The molecule has 0 radical (unpaired) electrons. The Kier molecular flexibility index (Phi) is 4.53. The molecule has 2 aromatic rings. The van der Waals surface area contributed by atoms with Gasteiger partial charge in [0.1, 0.15) is 5.75 Å². The maximum Gasteiger partial charge on any atom is 0.182 e. The summed E-state index contributed by atoms with van der Waals surface area (Å²) in [6.07, 6.45) is 0. The summed E-state index contributed by atoms with van der Waals surface area (Å²) in [5.41, 5.74) is 7.77. The van der Waals surface area contributed by atoms with Crippen LogP contribution in [-0.2, 0) is 15.6 Å². The average Bonchev–Trinajstić information content (AvgIpc) is 2.42. The van der Waals surface area contributed by atoms with E-state index in [9.17, 15) is 8.42 Å². The van der Waals surface area contributed by atoms with Crippen molar-refractivity contribution in [1.82, 2.24) is 0 Å². The van der Waals surface area contributed by atoms with Gasteiger partial charge >= 0.3 is 0 Å². The Morgan fingerprint density at radius 3 is 2.57 bits per heavy atom. The number of nitrogens with two attached hydrogens (primary N) is 1. The Bertz CT molecular complexity index is 739. The third kappa shape index (κ3) is 3.76. The number of benzene rings is 2. The molecule has 0 bridgehead atoms. The Labute approximate surface area is 125 Å². The highest BCUT2D eigenvalue weighted by atomic mass is 32.2. The summed E-state index contributed by atoms with van der Waals surface area (Å²) in [6.45, 7) is 4.20. The molecule has 0 spiro atoms. The fraction of sp³-hybridized carbons (Fsp3) is 0.250. The van der Waals surface area contributed by atoms with Gasteiger partial charge in [0.05, 0.1) is 17.3 Å². The molecular weight excluding hydrogens is 286 g/mol. The lowest BCUT2D eigenvalue weighted by atomic mass is 10.2. The van der Waals surface area contributed by atoms with Crippen molar-refractivity contribution in [2.75, 3.05) is 12.3 Å². The molecule has 0 aliphatic heterocycles. The standard InChI is InChI=1S/C16H19NO3S/c1-3-20-16-8-7-14(17)10-13(16)11-21(18,19)15-6-4-5-12(2)9-15/h4-10H,3,11,17H2,1-2H3. The Balaban J connectivity index is 2.38. The van der Waals surface area contributed by atoms with E-state index in [1.165, 1.54) is 0 Å². The molecule has 2 aromatic carbocycles. The average molecular weight is 305 g/mol. The third-order valence-electron chi connectivity index (χ3n) is 3.08. The molecule has 0 heterocycles. The van der Waals surface area contributed by atoms with Gasteiger partial charge in [0.2, 0.25) is 0 Å². The predicted molar refractivity (Wildman–Crippen MR) is 84.1 cm³/mol. The molecule has 2 N–H and O–H groups in total. The highest BCUT2D eigenvalue weighted by Gasteiger charge is 2.18. The lowest BCUT2D eigenvalue weighted by Crippen LogP contribution is -2.07. The summed E-state index contributed by atoms with van der Waals surface area (Å²) in [4.78, 5) is 0.312. The Morgan fingerprint density at radius 2 is 1.90 bits per heavy atom. The van der Waals surface area contributed by atoms with Crippen molar-refractivity contribution in [3.05, 3.63) is 53.6 Å². The molecule has 21 heavy (non-hydrogen) atoms. The molecule has 0 amide bonds. The number of rotatable bonds is 5. The predicted octanol–water partition coefficient (Wildman–Crippen LogP) is 2.95. The molecule has 4 nitrogen and oxygen atoms in total. The second-order valence-electron chi connectivity index (χ2n) is 4.88. The van der Waals surface area contributed by atoms with E-state index in [2.05, 4.69) is 0 Å². The largest absolute Gasteiger partial charge is 0.494 e. The third-order valence-corrected chi connectivity index (χ3v) is 4.74. The zero-order valence-electron chi connectivity index (χ0n) is 12.2. The number of hydrogen-bond acceptors (Lipinski definition) is 4. The van der Waals surface area contributed by atoms with Crippen LogP contribution >= 0.6 is 0 Å². The topological polar surface area (TPSA) is 69.4 Å². The van der Waals surface area contributed by atoms with Gasteiger partial charge in [-0.2, -0.15) is 0 Å². The van der Waals surface area contributed by atoms with Gasteiger partial charge in [0.25, 0.3) is 0 Å². The Hall–Kier alpha value is -2.01. The van der Waals surface area contributed by atoms with Gasteiger partial charge in [-0.1, -0.05) is 12.1 Å². The summed E-state index contributed by atoms with van der Waals surface area (Å²) in [5, 5.41) is 0. The first-order valence-corrected chi connectivity index (χ1v) is 8.38. The minimum absolute atomic E-state index is 0.128. The minimum atomic E-state index is -3.43. The van der Waals surface area contributed by atoms with Crippen molar-refractivity contribution in [3.63, 3.8) is 0 Å². The second-order valence-corrected chi connectivity index (χ2v) is 6.87. The van der Waals surface area contributed by atoms with Gasteiger partial charge in [-0.15, -0.1) is 0 Å². The quantitative estimate of drug-likeness (QED) is 0.862. The van der Waals surface area contributed by atoms with E-state index in [0.29, 0.717) is 28.5 Å². The molecule has 0 atom stereocenters. The van der Waals surface area contributed by atoms with Crippen LogP contribution in [0.1, 0.15) is 18.1 Å². The van der Waals surface area contributed by atoms with Crippen LogP contribution in [-0.4, -0.2) is 15.0 Å². The molecule has 0 fully saturated rings. The highest BCUT2D eigenvalue weighted by molar-refractivity contribution is 7.90. The maximum absolute atomic E-state index is 12.5. The van der Waals surface area contributed by atoms with Gasteiger partial charge in [-0.3, -0.25) is 0 Å². The van der Waals surface area contributed by atoms with Crippen LogP contribution in [0.3, 0.4) is 0 Å². The molecule has 112 valence electrons. The van der Waals surface area contributed by atoms with E-state index >= 15 is 0 Å². The fourth-order valence-corrected chi connectivity index (χ4v) is 3.56. The molecule has 5 heteroatoms. The molecule has 0 aromatic heterocycles. The van der Waals surface area contributed by atoms with E-state index in [-0.39, 0.29) is 5.75 Å². The van der Waals surface area contributed by atoms with Crippen molar-refractivity contribution in [2.45, 2.75) is 24.5 Å². The van der Waals surface area contributed by atoms with E-state index in [1.54, 1.807) is 36.4 Å². The number of anilines is 1. The lowest BCUT2D eigenvalue weighted by Gasteiger charge is -2.12. The van der Waals surface area contributed by atoms with Gasteiger partial charge in [-0.25, -0.2) is 8.42 Å². The van der Waals surface area contributed by atoms with E-state index in [4.69, 9.17) is 10.5 Å². The van der Waals surface area contributed by atoms with Crippen molar-refractivity contribution < 1.29 is 13.2 Å². The smallest absolute Gasteiger partial charge is 0.182 e. The van der Waals surface area contributed by atoms with Gasteiger partial charge < -0.3 is 10.5 Å². The van der Waals surface area contributed by atoms with Crippen LogP contribution in [0.2, 0.25) is 0 Å². The second kappa shape index (κ2) is 6.18. The molecular formula is C16H19NO3S. The van der Waals surface area contributed by atoms with Crippen LogP contribution in [0.15, 0.2) is 47.4 Å². The van der Waals surface area contributed by atoms with E-state index in [1.807, 2.05) is 19.9 Å². The first kappa shape index (κ1) is 15.4. The van der Waals surface area contributed by atoms with Crippen molar-refractivity contribution >= 4 is 15.5 Å². The van der Waals surface area contributed by atoms with Crippen LogP contribution in [0, 0.1) is 6.92 Å². The maximum atomic E-state index is 12.5. The van der Waals surface area contributed by atoms with Crippen LogP contribution in [0.5, 0.6) is 5.75 Å². The zero-order valence-corrected chi connectivity index (χ0v) is 13.0. The minimum Gasteiger partial charge on any atom is -0.494 e. The number of nitrogen functional groups attached to an aromatic ring is 1. The summed E-state index contributed by atoms with van der Waals surface area (Å²) in [6, 6.07) is 11.9. The van der Waals surface area contributed by atoms with Crippen LogP contribution in [0.4, 0.5) is 5.69 Å². The van der Waals surface area contributed by atoms with Gasteiger partial charge in [0, 0.05) is 11.3 Å². The van der Waals surface area contributed by atoms with Crippen LogP contribution < -0.4 is 10.5 Å². The highest BCUT2D eigenvalue weighted by Crippen LogP contribution is 2.26. The number of sulfone groups is 1. The summed E-state index contributed by atoms with van der Waals surface area (Å²) in [5.74, 6) is 0.430. The van der Waals surface area contributed by atoms with E-state index in [0.717, 1.165) is 5.56 Å². The number of aryl methyl sites for hydroxylation is 1. The van der Waals surface area contributed by atoms with Crippen molar-refractivity contribution in [3.8, 4) is 5.75 Å².